The Labute approximate surface area is 125 Å². The molecule has 1 aliphatic heterocycles. The molecule has 1 aromatic heterocycles. The molecular formula is C13H22N4O3S. The summed E-state index contributed by atoms with van der Waals surface area (Å²) in [5.74, 6) is -0.340. The molecule has 21 heavy (non-hydrogen) atoms. The average molecular weight is 314 g/mol. The van der Waals surface area contributed by atoms with E-state index in [2.05, 4.69) is 10.2 Å². The van der Waals surface area contributed by atoms with E-state index >= 15 is 0 Å². The number of nitrogens with zero attached hydrogens (tertiary/aromatic N) is 4. The molecule has 1 atom stereocenters. The minimum absolute atomic E-state index is 0.0814. The van der Waals surface area contributed by atoms with Crippen LogP contribution in [-0.2, 0) is 14.6 Å². The molecule has 1 aliphatic rings. The van der Waals surface area contributed by atoms with Crippen molar-refractivity contribution in [1.82, 2.24) is 19.7 Å². The zero-order valence-corrected chi connectivity index (χ0v) is 13.5. The molecule has 0 saturated carbocycles. The van der Waals surface area contributed by atoms with Gasteiger partial charge in [0.2, 0.25) is 15.7 Å². The molecule has 2 rings (SSSR count). The zero-order valence-electron chi connectivity index (χ0n) is 12.7. The van der Waals surface area contributed by atoms with Gasteiger partial charge >= 0.3 is 0 Å². The fourth-order valence-corrected chi connectivity index (χ4v) is 3.90. The predicted molar refractivity (Wildman–Crippen MR) is 77.5 cm³/mol. The summed E-state index contributed by atoms with van der Waals surface area (Å²) >= 11 is 0. The number of hydrogen-bond acceptors (Lipinski definition) is 5. The molecule has 0 radical (unpaired) electrons. The Bertz CT molecular complexity index is 603. The molecule has 0 unspecified atom stereocenters. The minimum atomic E-state index is -3.82. The monoisotopic (exact) mass is 314 g/mol. The standard InChI is InChI=1S/C13H22N4O3S/c1-10(2)17-9-14-15-13(17)21(19,20)11(3)12(18)16-7-5-4-6-8-16/h9-11H,4-8H2,1-3H3/t11-/m1/s1. The maximum absolute atomic E-state index is 12.6. The van der Waals surface area contributed by atoms with Gasteiger partial charge in [0.15, 0.2) is 0 Å². The van der Waals surface area contributed by atoms with E-state index in [9.17, 15) is 13.2 Å². The first kappa shape index (κ1) is 15.9. The second kappa shape index (κ2) is 6.13. The van der Waals surface area contributed by atoms with E-state index in [1.807, 2.05) is 13.8 Å². The molecule has 0 aromatic carbocycles. The highest BCUT2D eigenvalue weighted by Crippen LogP contribution is 2.20. The van der Waals surface area contributed by atoms with Crippen LogP contribution in [0, 0.1) is 0 Å². The number of carbonyl (C=O) groups excluding carboxylic acids is 1. The van der Waals surface area contributed by atoms with Crippen molar-refractivity contribution in [1.29, 1.82) is 0 Å². The summed E-state index contributed by atoms with van der Waals surface area (Å²) in [5.41, 5.74) is 0. The fraction of sp³-hybridized carbons (Fsp3) is 0.769. The van der Waals surface area contributed by atoms with E-state index < -0.39 is 15.1 Å². The van der Waals surface area contributed by atoms with Crippen LogP contribution in [0.1, 0.15) is 46.1 Å². The van der Waals surface area contributed by atoms with Gasteiger partial charge in [0.25, 0.3) is 5.16 Å². The van der Waals surface area contributed by atoms with Crippen LogP contribution in [-0.4, -0.2) is 52.3 Å². The molecule has 7 nitrogen and oxygen atoms in total. The lowest BCUT2D eigenvalue weighted by molar-refractivity contribution is -0.131. The molecule has 0 N–H and O–H groups in total. The third-order valence-electron chi connectivity index (χ3n) is 3.83. The van der Waals surface area contributed by atoms with Crippen LogP contribution in [0.5, 0.6) is 0 Å². The average Bonchev–Trinajstić information content (AvgIpc) is 2.97. The topological polar surface area (TPSA) is 85.2 Å². The van der Waals surface area contributed by atoms with Crippen LogP contribution in [0.15, 0.2) is 11.5 Å². The van der Waals surface area contributed by atoms with Crippen molar-refractivity contribution in [3.05, 3.63) is 6.33 Å². The Morgan fingerprint density at radius 1 is 1.19 bits per heavy atom. The number of rotatable bonds is 4. The Kier molecular flexibility index (Phi) is 4.65. The highest BCUT2D eigenvalue weighted by Gasteiger charge is 2.37. The number of aromatic nitrogens is 3. The van der Waals surface area contributed by atoms with Gasteiger partial charge in [0.1, 0.15) is 11.6 Å². The SMILES string of the molecule is CC(C)n1cnnc1S(=O)(=O)[C@H](C)C(=O)N1CCCCC1. The lowest BCUT2D eigenvalue weighted by Crippen LogP contribution is -2.44. The van der Waals surface area contributed by atoms with Crippen molar-refractivity contribution in [3.8, 4) is 0 Å². The summed E-state index contributed by atoms with van der Waals surface area (Å²) in [6, 6.07) is -0.0814. The largest absolute Gasteiger partial charge is 0.342 e. The summed E-state index contributed by atoms with van der Waals surface area (Å²) in [6.45, 7) is 6.40. The summed E-state index contributed by atoms with van der Waals surface area (Å²) in [7, 11) is -3.82. The predicted octanol–water partition coefficient (Wildman–Crippen LogP) is 1.03. The molecule has 1 aromatic rings. The molecule has 118 valence electrons. The zero-order chi connectivity index (χ0) is 15.6. The Morgan fingerprint density at radius 3 is 2.38 bits per heavy atom. The lowest BCUT2D eigenvalue weighted by Gasteiger charge is -2.29. The number of likely N-dealkylation sites (tertiary alicyclic amines) is 1. The normalized spacial score (nSPS) is 18.0. The summed E-state index contributed by atoms with van der Waals surface area (Å²) < 4.78 is 26.7. The van der Waals surface area contributed by atoms with Gasteiger partial charge in [-0.2, -0.15) is 0 Å². The van der Waals surface area contributed by atoms with Gasteiger partial charge in [0, 0.05) is 19.1 Å². The second-order valence-corrected chi connectivity index (χ2v) is 7.85. The summed E-state index contributed by atoms with van der Waals surface area (Å²) in [4.78, 5) is 14.1. The van der Waals surface area contributed by atoms with E-state index in [1.165, 1.54) is 17.8 Å². The maximum atomic E-state index is 12.6. The van der Waals surface area contributed by atoms with Crippen LogP contribution in [0.2, 0.25) is 0 Å². The smallest absolute Gasteiger partial charge is 0.250 e. The van der Waals surface area contributed by atoms with E-state index in [0.717, 1.165) is 19.3 Å². The van der Waals surface area contributed by atoms with E-state index in [0.29, 0.717) is 13.1 Å². The van der Waals surface area contributed by atoms with Crippen LogP contribution >= 0.6 is 0 Å². The highest BCUT2D eigenvalue weighted by atomic mass is 32.2. The minimum Gasteiger partial charge on any atom is -0.342 e. The van der Waals surface area contributed by atoms with Crippen molar-refractivity contribution >= 4 is 15.7 Å². The molecule has 0 aliphatic carbocycles. The maximum Gasteiger partial charge on any atom is 0.250 e. The number of amides is 1. The molecule has 1 amide bonds. The highest BCUT2D eigenvalue weighted by molar-refractivity contribution is 7.92. The van der Waals surface area contributed by atoms with Gasteiger partial charge < -0.3 is 9.47 Å². The van der Waals surface area contributed by atoms with Gasteiger partial charge in [-0.3, -0.25) is 4.79 Å². The Hall–Kier alpha value is -1.44. The number of hydrogen-bond donors (Lipinski definition) is 0. The van der Waals surface area contributed by atoms with Crippen LogP contribution in [0.25, 0.3) is 0 Å². The number of carbonyl (C=O) groups is 1. The number of sulfone groups is 1. The van der Waals surface area contributed by atoms with Gasteiger partial charge in [-0.15, -0.1) is 10.2 Å². The third kappa shape index (κ3) is 3.09. The number of piperidine rings is 1. The lowest BCUT2D eigenvalue weighted by atomic mass is 10.1. The first-order valence-corrected chi connectivity index (χ1v) is 8.82. The molecule has 0 bridgehead atoms. The van der Waals surface area contributed by atoms with E-state index in [-0.39, 0.29) is 17.1 Å². The van der Waals surface area contributed by atoms with E-state index in [1.54, 1.807) is 4.90 Å². The van der Waals surface area contributed by atoms with Crippen LogP contribution < -0.4 is 0 Å². The van der Waals surface area contributed by atoms with Crippen molar-refractivity contribution in [2.75, 3.05) is 13.1 Å². The molecular weight excluding hydrogens is 292 g/mol. The molecule has 8 heteroatoms. The Balaban J connectivity index is 2.25. The Morgan fingerprint density at radius 2 is 1.81 bits per heavy atom. The molecule has 0 spiro atoms. The van der Waals surface area contributed by atoms with E-state index in [4.69, 9.17) is 0 Å². The fourth-order valence-electron chi connectivity index (χ4n) is 2.45. The first-order valence-electron chi connectivity index (χ1n) is 7.28. The quantitative estimate of drug-likeness (QED) is 0.828. The van der Waals surface area contributed by atoms with Crippen molar-refractivity contribution < 1.29 is 13.2 Å². The molecule has 1 saturated heterocycles. The summed E-state index contributed by atoms with van der Waals surface area (Å²) in [5, 5.41) is 6.13. The van der Waals surface area contributed by atoms with Crippen LogP contribution in [0.4, 0.5) is 0 Å². The van der Waals surface area contributed by atoms with Gasteiger partial charge in [-0.1, -0.05) is 0 Å². The molecule has 1 fully saturated rings. The second-order valence-electron chi connectivity index (χ2n) is 5.69. The van der Waals surface area contributed by atoms with Gasteiger partial charge in [-0.05, 0) is 40.0 Å². The first-order chi connectivity index (χ1) is 9.85. The van der Waals surface area contributed by atoms with Crippen LogP contribution in [0.3, 0.4) is 0 Å². The third-order valence-corrected chi connectivity index (χ3v) is 5.77. The summed E-state index contributed by atoms with van der Waals surface area (Å²) in [6.07, 6.45) is 4.34. The van der Waals surface area contributed by atoms with Gasteiger partial charge in [-0.25, -0.2) is 8.42 Å². The van der Waals surface area contributed by atoms with Crippen molar-refractivity contribution in [3.63, 3.8) is 0 Å². The van der Waals surface area contributed by atoms with Crippen molar-refractivity contribution in [2.24, 2.45) is 0 Å². The molecule has 2 heterocycles. The van der Waals surface area contributed by atoms with Gasteiger partial charge in [0.05, 0.1) is 0 Å². The van der Waals surface area contributed by atoms with Crippen molar-refractivity contribution in [2.45, 2.75) is 56.5 Å².